The summed E-state index contributed by atoms with van der Waals surface area (Å²) < 4.78 is 18.6. The average molecular weight is 425 g/mol. The highest BCUT2D eigenvalue weighted by Gasteiger charge is 2.42. The van der Waals surface area contributed by atoms with Crippen LogP contribution in [0.25, 0.3) is 0 Å². The minimum Gasteiger partial charge on any atom is -0.496 e. The molecule has 5 rings (SSSR count). The third kappa shape index (κ3) is 2.72. The summed E-state index contributed by atoms with van der Waals surface area (Å²) in [4.78, 5) is 0. The normalized spacial score (nSPS) is 20.5. The molecular weight excluding hydrogens is 408 g/mol. The summed E-state index contributed by atoms with van der Waals surface area (Å²) in [7, 11) is 1.67. The van der Waals surface area contributed by atoms with E-state index in [1.54, 1.807) is 13.4 Å². The first-order valence-electron chi connectivity index (χ1n) is 8.73. The minimum atomic E-state index is -0.368. The Morgan fingerprint density at radius 2 is 2.00 bits per heavy atom. The molecule has 0 unspecified atom stereocenters. The smallest absolute Gasteiger partial charge is 0.217 e. The molecule has 6 heteroatoms. The van der Waals surface area contributed by atoms with Gasteiger partial charge in [0.15, 0.2) is 0 Å². The van der Waals surface area contributed by atoms with Crippen LogP contribution in [0, 0.1) is 0 Å². The van der Waals surface area contributed by atoms with E-state index < -0.39 is 0 Å². The lowest BCUT2D eigenvalue weighted by molar-refractivity contribution is -0.0203. The van der Waals surface area contributed by atoms with Crippen molar-refractivity contribution in [2.24, 2.45) is 5.10 Å². The van der Waals surface area contributed by atoms with Gasteiger partial charge in [0.2, 0.25) is 6.23 Å². The summed E-state index contributed by atoms with van der Waals surface area (Å²) in [5, 5.41) is 6.89. The van der Waals surface area contributed by atoms with Crippen LogP contribution in [-0.2, 0) is 0 Å². The van der Waals surface area contributed by atoms with E-state index in [9.17, 15) is 0 Å². The highest BCUT2D eigenvalue weighted by Crippen LogP contribution is 2.49. The van der Waals surface area contributed by atoms with Crippen molar-refractivity contribution in [1.82, 2.24) is 5.01 Å². The lowest BCUT2D eigenvalue weighted by Crippen LogP contribution is -2.34. The number of benzene rings is 2. The zero-order valence-corrected chi connectivity index (χ0v) is 16.2. The third-order valence-corrected chi connectivity index (χ3v) is 5.46. The molecule has 0 saturated carbocycles. The highest BCUT2D eigenvalue weighted by molar-refractivity contribution is 9.10. The van der Waals surface area contributed by atoms with Gasteiger partial charge >= 0.3 is 0 Å². The fourth-order valence-electron chi connectivity index (χ4n) is 3.73. The minimum absolute atomic E-state index is 0.0706. The average Bonchev–Trinajstić information content (AvgIpc) is 3.37. The van der Waals surface area contributed by atoms with Gasteiger partial charge in [-0.3, -0.25) is 0 Å². The van der Waals surface area contributed by atoms with E-state index in [4.69, 9.17) is 19.0 Å². The van der Waals surface area contributed by atoms with Crippen molar-refractivity contribution in [3.63, 3.8) is 0 Å². The third-order valence-electron chi connectivity index (χ3n) is 4.96. The molecular formula is C21H17BrN2O3. The van der Waals surface area contributed by atoms with Crippen LogP contribution in [0.1, 0.15) is 35.6 Å². The van der Waals surface area contributed by atoms with Gasteiger partial charge in [0.1, 0.15) is 23.0 Å². The molecule has 0 spiro atoms. The zero-order valence-electron chi connectivity index (χ0n) is 14.6. The summed E-state index contributed by atoms with van der Waals surface area (Å²) >= 11 is 3.57. The van der Waals surface area contributed by atoms with Gasteiger partial charge in [-0.05, 0) is 42.5 Å². The van der Waals surface area contributed by atoms with Crippen LogP contribution < -0.4 is 9.47 Å². The lowest BCUT2D eigenvalue weighted by Gasteiger charge is -2.38. The van der Waals surface area contributed by atoms with E-state index in [0.717, 1.165) is 45.0 Å². The molecule has 0 N–H and O–H groups in total. The highest BCUT2D eigenvalue weighted by atomic mass is 79.9. The van der Waals surface area contributed by atoms with Crippen LogP contribution in [0.4, 0.5) is 0 Å². The molecule has 3 aromatic rings. The van der Waals surface area contributed by atoms with Gasteiger partial charge in [-0.1, -0.05) is 28.1 Å². The standard InChI is InChI=1S/C21H17BrN2O3/c1-25-18-6-3-2-5-14(18)21-24-17(12-16(23-24)20-7-4-10-26-20)15-11-13(22)8-9-19(15)27-21/h2-11,17,21H,12H2,1H3/t17-,21-/m1/s1. The Kier molecular flexibility index (Phi) is 3.93. The number of ether oxygens (including phenoxy) is 2. The molecule has 0 bridgehead atoms. The molecule has 5 nitrogen and oxygen atoms in total. The summed E-state index contributed by atoms with van der Waals surface area (Å²) in [6.07, 6.45) is 2.06. The maximum Gasteiger partial charge on any atom is 0.217 e. The number of methoxy groups -OCH3 is 1. The Hall–Kier alpha value is -2.73. The summed E-state index contributed by atoms with van der Waals surface area (Å²) in [5.41, 5.74) is 2.98. The van der Waals surface area contributed by atoms with E-state index in [0.29, 0.717) is 0 Å². The van der Waals surface area contributed by atoms with Gasteiger partial charge in [0, 0.05) is 16.5 Å². The van der Waals surface area contributed by atoms with Crippen LogP contribution in [0.5, 0.6) is 11.5 Å². The zero-order chi connectivity index (χ0) is 18.4. The summed E-state index contributed by atoms with van der Waals surface area (Å²) in [5.74, 6) is 2.44. The number of hydrogen-bond donors (Lipinski definition) is 0. The first-order valence-corrected chi connectivity index (χ1v) is 9.52. The predicted octanol–water partition coefficient (Wildman–Crippen LogP) is 5.29. The Labute approximate surface area is 165 Å². The van der Waals surface area contributed by atoms with Gasteiger partial charge in [-0.15, -0.1) is 0 Å². The molecule has 0 radical (unpaired) electrons. The Balaban J connectivity index is 1.64. The van der Waals surface area contributed by atoms with Gasteiger partial charge in [-0.25, -0.2) is 5.01 Å². The molecule has 3 heterocycles. The van der Waals surface area contributed by atoms with Crippen molar-refractivity contribution in [3.05, 3.63) is 82.2 Å². The molecule has 27 heavy (non-hydrogen) atoms. The molecule has 0 amide bonds. The fourth-order valence-corrected chi connectivity index (χ4v) is 4.10. The second-order valence-corrected chi connectivity index (χ2v) is 7.43. The van der Waals surface area contributed by atoms with Gasteiger partial charge in [-0.2, -0.15) is 5.10 Å². The number of hydrazone groups is 1. The van der Waals surface area contributed by atoms with Crippen LogP contribution >= 0.6 is 15.9 Å². The number of halogens is 1. The van der Waals surface area contributed by atoms with Crippen LogP contribution in [0.2, 0.25) is 0 Å². The fraction of sp³-hybridized carbons (Fsp3) is 0.190. The maximum absolute atomic E-state index is 6.38. The second-order valence-electron chi connectivity index (χ2n) is 6.52. The number of para-hydroxylation sites is 1. The molecule has 2 atom stereocenters. The van der Waals surface area contributed by atoms with E-state index in [2.05, 4.69) is 22.0 Å². The largest absolute Gasteiger partial charge is 0.496 e. The Morgan fingerprint density at radius 1 is 1.11 bits per heavy atom. The molecule has 0 saturated heterocycles. The SMILES string of the molecule is COc1ccccc1[C@H]1Oc2ccc(Br)cc2[C@H]2CC(c3ccco3)=NN21. The molecule has 0 fully saturated rings. The van der Waals surface area contributed by atoms with Crippen LogP contribution in [0.15, 0.2) is 74.9 Å². The quantitative estimate of drug-likeness (QED) is 0.572. The molecule has 136 valence electrons. The molecule has 1 aromatic heterocycles. The van der Waals surface area contributed by atoms with E-state index >= 15 is 0 Å². The lowest BCUT2D eigenvalue weighted by atomic mass is 9.97. The summed E-state index contributed by atoms with van der Waals surface area (Å²) in [6.45, 7) is 0. The number of fused-ring (bicyclic) bond motifs is 3. The van der Waals surface area contributed by atoms with Crippen molar-refractivity contribution >= 4 is 21.6 Å². The van der Waals surface area contributed by atoms with E-state index in [-0.39, 0.29) is 12.3 Å². The number of hydrogen-bond acceptors (Lipinski definition) is 5. The molecule has 0 aliphatic carbocycles. The second kappa shape index (κ2) is 6.46. The Bertz CT molecular complexity index is 1020. The first kappa shape index (κ1) is 16.4. The van der Waals surface area contributed by atoms with Gasteiger partial charge in [0.05, 0.1) is 25.0 Å². The van der Waals surface area contributed by atoms with Crippen LogP contribution in [0.3, 0.4) is 0 Å². The van der Waals surface area contributed by atoms with Crippen molar-refractivity contribution in [3.8, 4) is 11.5 Å². The van der Waals surface area contributed by atoms with E-state index in [1.165, 1.54) is 0 Å². The van der Waals surface area contributed by atoms with Gasteiger partial charge in [0.25, 0.3) is 0 Å². The molecule has 2 aromatic carbocycles. The van der Waals surface area contributed by atoms with Crippen LogP contribution in [-0.4, -0.2) is 17.8 Å². The monoisotopic (exact) mass is 424 g/mol. The summed E-state index contributed by atoms with van der Waals surface area (Å²) in [6, 6.07) is 17.9. The van der Waals surface area contributed by atoms with Crippen molar-refractivity contribution in [1.29, 1.82) is 0 Å². The number of nitrogens with zero attached hydrogens (tertiary/aromatic N) is 2. The van der Waals surface area contributed by atoms with Crippen molar-refractivity contribution < 1.29 is 13.9 Å². The number of rotatable bonds is 3. The Morgan fingerprint density at radius 3 is 2.81 bits per heavy atom. The number of furan rings is 1. The van der Waals surface area contributed by atoms with Crippen molar-refractivity contribution in [2.45, 2.75) is 18.7 Å². The topological polar surface area (TPSA) is 47.2 Å². The molecule has 2 aliphatic heterocycles. The van der Waals surface area contributed by atoms with Crippen molar-refractivity contribution in [2.75, 3.05) is 7.11 Å². The predicted molar refractivity (Wildman–Crippen MR) is 105 cm³/mol. The van der Waals surface area contributed by atoms with E-state index in [1.807, 2.05) is 53.5 Å². The van der Waals surface area contributed by atoms with Gasteiger partial charge < -0.3 is 13.9 Å². The molecule has 2 aliphatic rings. The first-order chi connectivity index (χ1) is 13.2. The maximum atomic E-state index is 6.38.